The maximum Gasteiger partial charge on any atom is 0.127 e. The van der Waals surface area contributed by atoms with Crippen molar-refractivity contribution in [2.24, 2.45) is 0 Å². The Hall–Kier alpha value is -1.36. The van der Waals surface area contributed by atoms with Gasteiger partial charge in [-0.1, -0.05) is 6.07 Å². The van der Waals surface area contributed by atoms with E-state index in [-0.39, 0.29) is 0 Å². The molecular weight excluding hydrogens is 129 g/mol. The lowest BCUT2D eigenvalue weighted by Crippen LogP contribution is -1.82. The molecule has 2 heteroatoms. The number of hydrogen-bond acceptors (Lipinski definition) is 1. The lowest BCUT2D eigenvalue weighted by molar-refractivity contribution is 0.622. The number of hydrogen-bond donors (Lipinski definition) is 0. The second kappa shape index (κ2) is 2.49. The highest BCUT2D eigenvalue weighted by molar-refractivity contribution is 5.33. The summed E-state index contributed by atoms with van der Waals surface area (Å²) in [6.07, 6.45) is 0. The van der Waals surface area contributed by atoms with Crippen LogP contribution >= 0.6 is 0 Å². The molecule has 0 aliphatic heterocycles. The fourth-order valence-corrected chi connectivity index (χ4v) is 0.617. The number of nitrogens with zero attached hydrogens (tertiary/aromatic N) is 1. The summed E-state index contributed by atoms with van der Waals surface area (Å²) in [6, 6.07) is 6.01. The van der Waals surface area contributed by atoms with E-state index in [1.807, 2.05) is 6.07 Å². The molecule has 1 nitrogen and oxygen atoms in total. The first kappa shape index (κ1) is 6.76. The van der Waals surface area contributed by atoms with Crippen molar-refractivity contribution in [3.63, 3.8) is 0 Å². The Bertz CT molecular complexity index is 286. The summed E-state index contributed by atoms with van der Waals surface area (Å²) in [5.41, 5.74) is 0.643. The zero-order valence-corrected chi connectivity index (χ0v) is 5.26. The fraction of sp³-hybridized carbons (Fsp3) is 0. The number of rotatable bonds is 0. The molecule has 0 atom stereocenters. The average Bonchev–Trinajstić information content (AvgIpc) is 1.95. The Morgan fingerprint density at radius 2 is 2.20 bits per heavy atom. The third kappa shape index (κ3) is 1.14. The van der Waals surface area contributed by atoms with Gasteiger partial charge in [-0.2, -0.15) is 5.26 Å². The zero-order chi connectivity index (χ0) is 7.56. The molecule has 0 saturated carbocycles. The van der Waals surface area contributed by atoms with Crippen LogP contribution in [-0.2, 0) is 0 Å². The molecule has 0 heterocycles. The summed E-state index contributed by atoms with van der Waals surface area (Å²) in [6.45, 7) is 3.41. The van der Waals surface area contributed by atoms with Gasteiger partial charge in [-0.3, -0.25) is 0 Å². The molecule has 0 bridgehead atoms. The van der Waals surface area contributed by atoms with Gasteiger partial charge in [0.25, 0.3) is 0 Å². The smallest absolute Gasteiger partial charge is 0.127 e. The Labute approximate surface area is 58.7 Å². The lowest BCUT2D eigenvalue weighted by atomic mass is 10.1. The first-order valence-electron chi connectivity index (χ1n) is 2.75. The van der Waals surface area contributed by atoms with Crippen LogP contribution in [0.3, 0.4) is 0 Å². The van der Waals surface area contributed by atoms with Crippen LogP contribution < -0.4 is 0 Å². The predicted molar refractivity (Wildman–Crippen MR) is 35.6 cm³/mol. The van der Waals surface area contributed by atoms with E-state index in [1.165, 1.54) is 18.2 Å². The molecule has 0 aromatic heterocycles. The third-order valence-corrected chi connectivity index (χ3v) is 1.18. The van der Waals surface area contributed by atoms with Gasteiger partial charge in [0.1, 0.15) is 5.82 Å². The molecule has 1 aromatic carbocycles. The van der Waals surface area contributed by atoms with E-state index in [2.05, 4.69) is 6.92 Å². The van der Waals surface area contributed by atoms with Gasteiger partial charge >= 0.3 is 0 Å². The summed E-state index contributed by atoms with van der Waals surface area (Å²) >= 11 is 0. The number of benzene rings is 1. The third-order valence-electron chi connectivity index (χ3n) is 1.18. The van der Waals surface area contributed by atoms with Crippen molar-refractivity contribution in [3.8, 4) is 6.07 Å². The SMILES string of the molecule is [CH2]c1ccc(C#N)cc1F. The zero-order valence-electron chi connectivity index (χ0n) is 5.26. The lowest BCUT2D eigenvalue weighted by Gasteiger charge is -1.93. The Morgan fingerprint density at radius 1 is 1.50 bits per heavy atom. The molecule has 10 heavy (non-hydrogen) atoms. The Kier molecular flexibility index (Phi) is 1.68. The summed E-state index contributed by atoms with van der Waals surface area (Å²) in [4.78, 5) is 0. The van der Waals surface area contributed by atoms with E-state index >= 15 is 0 Å². The quantitative estimate of drug-likeness (QED) is 0.531. The van der Waals surface area contributed by atoms with E-state index in [1.54, 1.807) is 0 Å². The maximum atomic E-state index is 12.6. The molecule has 1 aromatic rings. The molecule has 0 aliphatic rings. The maximum absolute atomic E-state index is 12.6. The first-order chi connectivity index (χ1) is 4.74. The van der Waals surface area contributed by atoms with Crippen molar-refractivity contribution in [3.05, 3.63) is 42.1 Å². The van der Waals surface area contributed by atoms with Crippen molar-refractivity contribution in [1.82, 2.24) is 0 Å². The van der Waals surface area contributed by atoms with Crippen LogP contribution in [-0.4, -0.2) is 0 Å². The van der Waals surface area contributed by atoms with Crippen LogP contribution in [0.15, 0.2) is 18.2 Å². The molecule has 0 aliphatic carbocycles. The van der Waals surface area contributed by atoms with Crippen LogP contribution in [0.25, 0.3) is 0 Å². The van der Waals surface area contributed by atoms with Crippen LogP contribution in [0.2, 0.25) is 0 Å². The van der Waals surface area contributed by atoms with Gasteiger partial charge in [-0.15, -0.1) is 0 Å². The van der Waals surface area contributed by atoms with Gasteiger partial charge < -0.3 is 0 Å². The monoisotopic (exact) mass is 134 g/mol. The molecular formula is C8H5FN. The predicted octanol–water partition coefficient (Wildman–Crippen LogP) is 1.88. The van der Waals surface area contributed by atoms with Crippen LogP contribution in [0.1, 0.15) is 11.1 Å². The van der Waals surface area contributed by atoms with Crippen molar-refractivity contribution in [2.45, 2.75) is 0 Å². The molecule has 1 radical (unpaired) electrons. The highest BCUT2D eigenvalue weighted by Crippen LogP contribution is 2.07. The van der Waals surface area contributed by atoms with E-state index < -0.39 is 5.82 Å². The molecule has 0 spiro atoms. The summed E-state index contributed by atoms with van der Waals surface area (Å²) in [5.74, 6) is -0.431. The average molecular weight is 134 g/mol. The molecule has 0 saturated heterocycles. The fourth-order valence-electron chi connectivity index (χ4n) is 0.617. The second-order valence-corrected chi connectivity index (χ2v) is 1.92. The van der Waals surface area contributed by atoms with Gasteiger partial charge in [0.2, 0.25) is 0 Å². The number of nitriles is 1. The van der Waals surface area contributed by atoms with E-state index in [0.29, 0.717) is 11.1 Å². The first-order valence-corrected chi connectivity index (χ1v) is 2.75. The van der Waals surface area contributed by atoms with Crippen LogP contribution in [0.5, 0.6) is 0 Å². The minimum Gasteiger partial charge on any atom is -0.207 e. The van der Waals surface area contributed by atoms with Gasteiger partial charge in [0.05, 0.1) is 11.6 Å². The van der Waals surface area contributed by atoms with Gasteiger partial charge in [-0.25, -0.2) is 4.39 Å². The topological polar surface area (TPSA) is 23.8 Å². The Balaban J connectivity index is 3.20. The standard InChI is InChI=1S/C8H5FN/c1-6-2-3-7(5-10)4-8(6)9/h2-4H,1H2. The van der Waals surface area contributed by atoms with Gasteiger partial charge in [-0.05, 0) is 24.6 Å². The van der Waals surface area contributed by atoms with Crippen molar-refractivity contribution in [1.29, 1.82) is 5.26 Å². The normalized spacial score (nSPS) is 8.90. The second-order valence-electron chi connectivity index (χ2n) is 1.92. The Morgan fingerprint density at radius 3 is 2.70 bits per heavy atom. The van der Waals surface area contributed by atoms with Crippen molar-refractivity contribution in [2.75, 3.05) is 0 Å². The van der Waals surface area contributed by atoms with Crippen LogP contribution in [0, 0.1) is 24.1 Å². The molecule has 0 N–H and O–H groups in total. The largest absolute Gasteiger partial charge is 0.207 e. The number of halogens is 1. The minimum absolute atomic E-state index is 0.319. The van der Waals surface area contributed by atoms with E-state index in [4.69, 9.17) is 5.26 Å². The highest BCUT2D eigenvalue weighted by atomic mass is 19.1. The van der Waals surface area contributed by atoms with Gasteiger partial charge in [0, 0.05) is 0 Å². The van der Waals surface area contributed by atoms with Crippen LogP contribution in [0.4, 0.5) is 4.39 Å². The molecule has 49 valence electrons. The summed E-state index contributed by atoms with van der Waals surface area (Å²) in [5, 5.41) is 8.32. The van der Waals surface area contributed by atoms with E-state index in [9.17, 15) is 4.39 Å². The minimum atomic E-state index is -0.431. The highest BCUT2D eigenvalue weighted by Gasteiger charge is 1.96. The van der Waals surface area contributed by atoms with E-state index in [0.717, 1.165) is 0 Å². The molecule has 1 rings (SSSR count). The van der Waals surface area contributed by atoms with Crippen molar-refractivity contribution >= 4 is 0 Å². The molecule has 0 fully saturated rings. The summed E-state index contributed by atoms with van der Waals surface area (Å²) < 4.78 is 12.6. The summed E-state index contributed by atoms with van der Waals surface area (Å²) in [7, 11) is 0. The molecule has 0 amide bonds. The molecule has 0 unspecified atom stereocenters. The van der Waals surface area contributed by atoms with Gasteiger partial charge in [0.15, 0.2) is 0 Å². The van der Waals surface area contributed by atoms with Crippen molar-refractivity contribution < 1.29 is 4.39 Å².